The summed E-state index contributed by atoms with van der Waals surface area (Å²) in [4.78, 5) is 26.2. The molecule has 0 saturated carbocycles. The van der Waals surface area contributed by atoms with Crippen LogP contribution < -0.4 is 0 Å². The van der Waals surface area contributed by atoms with Crippen LogP contribution >= 0.6 is 7.82 Å². The third kappa shape index (κ3) is 5.79. The first-order chi connectivity index (χ1) is 6.66. The second-order valence-corrected chi connectivity index (χ2v) is 4.38. The molecule has 0 aromatic heterocycles. The Bertz CT molecular complexity index is 268. The van der Waals surface area contributed by atoms with E-state index in [9.17, 15) is 0 Å². The zero-order valence-corrected chi connectivity index (χ0v) is 10.3. The molecular weight excluding hydrogens is 219 g/mol. The molecule has 3 N–H and O–H groups in total. The van der Waals surface area contributed by atoms with Gasteiger partial charge in [-0.15, -0.1) is 0 Å². The molecule has 0 radical (unpaired) electrons. The van der Waals surface area contributed by atoms with Crippen LogP contribution in [0.1, 0.15) is 20.8 Å². The van der Waals surface area contributed by atoms with Gasteiger partial charge in [0.1, 0.15) is 0 Å². The maximum atomic E-state index is 8.88. The lowest BCUT2D eigenvalue weighted by Gasteiger charge is -2.26. The van der Waals surface area contributed by atoms with Crippen molar-refractivity contribution in [3.63, 3.8) is 0 Å². The van der Waals surface area contributed by atoms with Gasteiger partial charge in [0, 0.05) is 25.5 Å². The minimum atomic E-state index is -4.64. The third-order valence-electron chi connectivity index (χ3n) is 2.31. The van der Waals surface area contributed by atoms with E-state index < -0.39 is 7.82 Å². The van der Waals surface area contributed by atoms with Gasteiger partial charge < -0.3 is 24.5 Å². The fourth-order valence-electron chi connectivity index (χ4n) is 1.31. The number of allylic oxidation sites excluding steroid dienone is 1. The lowest BCUT2D eigenvalue weighted by Crippen LogP contribution is -2.34. The van der Waals surface area contributed by atoms with Crippen molar-refractivity contribution in [1.29, 1.82) is 0 Å². The van der Waals surface area contributed by atoms with Crippen molar-refractivity contribution in [3.8, 4) is 0 Å². The first-order valence-electron chi connectivity index (χ1n) is 4.62. The molecule has 1 aliphatic rings. The van der Waals surface area contributed by atoms with Crippen molar-refractivity contribution in [2.75, 3.05) is 13.6 Å². The summed E-state index contributed by atoms with van der Waals surface area (Å²) >= 11 is 0. The fourth-order valence-corrected chi connectivity index (χ4v) is 1.31. The molecule has 90 valence electrons. The van der Waals surface area contributed by atoms with Crippen LogP contribution in [0.5, 0.6) is 0 Å². The van der Waals surface area contributed by atoms with E-state index in [0.717, 1.165) is 6.54 Å². The van der Waals surface area contributed by atoms with Crippen molar-refractivity contribution in [2.45, 2.75) is 26.9 Å². The number of rotatable bonds is 1. The van der Waals surface area contributed by atoms with Crippen LogP contribution in [0, 0.1) is 0 Å². The first kappa shape index (κ1) is 14.5. The van der Waals surface area contributed by atoms with E-state index in [4.69, 9.17) is 19.2 Å². The third-order valence-corrected chi connectivity index (χ3v) is 2.31. The van der Waals surface area contributed by atoms with Crippen LogP contribution in [0.4, 0.5) is 0 Å². The lowest BCUT2D eigenvalue weighted by atomic mass is 10.4. The van der Waals surface area contributed by atoms with Crippen molar-refractivity contribution in [2.24, 2.45) is 0 Å². The summed E-state index contributed by atoms with van der Waals surface area (Å²) in [6.45, 7) is 7.64. The van der Waals surface area contributed by atoms with Gasteiger partial charge in [0.05, 0.1) is 6.17 Å². The largest absolute Gasteiger partial charge is 0.466 e. The molecule has 1 aliphatic heterocycles. The summed E-state index contributed by atoms with van der Waals surface area (Å²) in [7, 11) is -2.51. The summed E-state index contributed by atoms with van der Waals surface area (Å²) in [5.41, 5.74) is 1.36. The number of hydrogen-bond donors (Lipinski definition) is 3. The standard InChI is InChI=1S/C8H16N2.H3O4P/c1-5-10-6-7(2)9(4)8(10)3;1-5(2,3)4/h6,8H,5H2,1-4H3;(H3,1,2,3,4). The quantitative estimate of drug-likeness (QED) is 0.578. The van der Waals surface area contributed by atoms with Gasteiger partial charge in [-0.2, -0.15) is 0 Å². The Morgan fingerprint density at radius 1 is 1.47 bits per heavy atom. The number of phosphoric acid groups is 1. The number of nitrogens with zero attached hydrogens (tertiary/aromatic N) is 2. The van der Waals surface area contributed by atoms with Gasteiger partial charge in [-0.25, -0.2) is 4.57 Å². The molecule has 0 fully saturated rings. The molecule has 1 rings (SSSR count). The molecule has 0 saturated heterocycles. The van der Waals surface area contributed by atoms with Gasteiger partial charge >= 0.3 is 7.82 Å². The summed E-state index contributed by atoms with van der Waals surface area (Å²) < 4.78 is 8.88. The SMILES string of the molecule is CCN1C=C(C)N(C)C1C.O=P(O)(O)O. The van der Waals surface area contributed by atoms with Crippen molar-refractivity contribution >= 4 is 7.82 Å². The molecule has 0 aromatic carbocycles. The molecule has 15 heavy (non-hydrogen) atoms. The first-order valence-corrected chi connectivity index (χ1v) is 6.18. The van der Waals surface area contributed by atoms with Crippen molar-refractivity contribution in [3.05, 3.63) is 11.9 Å². The molecule has 7 heteroatoms. The summed E-state index contributed by atoms with van der Waals surface area (Å²) in [5.74, 6) is 0. The van der Waals surface area contributed by atoms with Crippen LogP contribution in [-0.4, -0.2) is 44.2 Å². The van der Waals surface area contributed by atoms with Crippen LogP contribution in [0.3, 0.4) is 0 Å². The highest BCUT2D eigenvalue weighted by Gasteiger charge is 2.20. The van der Waals surface area contributed by atoms with Gasteiger partial charge in [-0.3, -0.25) is 0 Å². The monoisotopic (exact) mass is 238 g/mol. The minimum Gasteiger partial charge on any atom is -0.357 e. The van der Waals surface area contributed by atoms with Gasteiger partial charge in [0.25, 0.3) is 0 Å². The van der Waals surface area contributed by atoms with Crippen LogP contribution in [0.2, 0.25) is 0 Å². The predicted octanol–water partition coefficient (Wildman–Crippen LogP) is 0.532. The highest BCUT2D eigenvalue weighted by atomic mass is 31.2. The Balaban J connectivity index is 0.000000336. The maximum Gasteiger partial charge on any atom is 0.466 e. The summed E-state index contributed by atoms with van der Waals surface area (Å²) in [5, 5.41) is 0. The molecule has 1 unspecified atom stereocenters. The average Bonchev–Trinajstić information content (AvgIpc) is 2.29. The second kappa shape index (κ2) is 5.51. The van der Waals surface area contributed by atoms with Crippen LogP contribution in [0.25, 0.3) is 0 Å². The summed E-state index contributed by atoms with van der Waals surface area (Å²) in [6.07, 6.45) is 2.76. The zero-order valence-electron chi connectivity index (χ0n) is 9.45. The van der Waals surface area contributed by atoms with E-state index in [-0.39, 0.29) is 0 Å². The highest BCUT2D eigenvalue weighted by molar-refractivity contribution is 7.45. The highest BCUT2D eigenvalue weighted by Crippen LogP contribution is 2.25. The molecule has 0 aliphatic carbocycles. The zero-order chi connectivity index (χ0) is 12.2. The lowest BCUT2D eigenvalue weighted by molar-refractivity contribution is 0.195. The Morgan fingerprint density at radius 3 is 2.00 bits per heavy atom. The Labute approximate surface area is 90.1 Å². The topological polar surface area (TPSA) is 84.2 Å². The smallest absolute Gasteiger partial charge is 0.357 e. The second-order valence-electron chi connectivity index (χ2n) is 3.36. The Kier molecular flexibility index (Phi) is 5.31. The van der Waals surface area contributed by atoms with Crippen molar-refractivity contribution < 1.29 is 19.2 Å². The van der Waals surface area contributed by atoms with Gasteiger partial charge in [0.2, 0.25) is 0 Å². The Morgan fingerprint density at radius 2 is 1.87 bits per heavy atom. The van der Waals surface area contributed by atoms with E-state index in [0.29, 0.717) is 6.17 Å². The maximum absolute atomic E-state index is 8.88. The molecule has 0 aromatic rings. The fraction of sp³-hybridized carbons (Fsp3) is 0.750. The van der Waals surface area contributed by atoms with E-state index in [1.165, 1.54) is 5.70 Å². The Hall–Kier alpha value is -0.550. The molecule has 1 atom stereocenters. The normalized spacial score (nSPS) is 21.0. The van der Waals surface area contributed by atoms with Gasteiger partial charge in [-0.05, 0) is 20.8 Å². The molecular formula is C8H19N2O4P. The molecule has 0 spiro atoms. The van der Waals surface area contributed by atoms with Gasteiger partial charge in [0.15, 0.2) is 0 Å². The number of hydrogen-bond acceptors (Lipinski definition) is 3. The van der Waals surface area contributed by atoms with E-state index in [1.54, 1.807) is 0 Å². The molecule has 6 nitrogen and oxygen atoms in total. The van der Waals surface area contributed by atoms with Crippen molar-refractivity contribution in [1.82, 2.24) is 9.80 Å². The molecule has 1 heterocycles. The minimum absolute atomic E-state index is 0.546. The van der Waals surface area contributed by atoms with Crippen LogP contribution in [-0.2, 0) is 4.57 Å². The molecule has 0 amide bonds. The van der Waals surface area contributed by atoms with E-state index in [1.807, 2.05) is 0 Å². The predicted molar refractivity (Wildman–Crippen MR) is 57.6 cm³/mol. The molecule has 0 bridgehead atoms. The average molecular weight is 238 g/mol. The van der Waals surface area contributed by atoms with Crippen LogP contribution in [0.15, 0.2) is 11.9 Å². The van der Waals surface area contributed by atoms with E-state index >= 15 is 0 Å². The van der Waals surface area contributed by atoms with Gasteiger partial charge in [-0.1, -0.05) is 0 Å². The van der Waals surface area contributed by atoms with E-state index in [2.05, 4.69) is 43.8 Å². The summed E-state index contributed by atoms with van der Waals surface area (Å²) in [6, 6.07) is 0.